The summed E-state index contributed by atoms with van der Waals surface area (Å²) in [5.41, 5.74) is 4.16. The van der Waals surface area contributed by atoms with E-state index in [4.69, 9.17) is 4.74 Å². The number of para-hydroxylation sites is 2. The average molecular weight is 568 g/mol. The molecule has 0 saturated heterocycles. The number of halogens is 3. The van der Waals surface area contributed by atoms with Gasteiger partial charge in [0.25, 0.3) is 0 Å². The van der Waals surface area contributed by atoms with Gasteiger partial charge in [0.15, 0.2) is 11.5 Å². The maximum Gasteiger partial charge on any atom is 0.416 e. The van der Waals surface area contributed by atoms with E-state index in [-0.39, 0.29) is 0 Å². The highest BCUT2D eigenvalue weighted by Gasteiger charge is 2.47. The van der Waals surface area contributed by atoms with Crippen LogP contribution < -0.4 is 9.64 Å². The predicted molar refractivity (Wildman–Crippen MR) is 164 cm³/mol. The quantitative estimate of drug-likeness (QED) is 0.207. The first-order valence-electron chi connectivity index (χ1n) is 14.4. The van der Waals surface area contributed by atoms with Crippen molar-refractivity contribution in [3.05, 3.63) is 126 Å². The van der Waals surface area contributed by atoms with Crippen molar-refractivity contribution in [3.8, 4) is 5.75 Å². The van der Waals surface area contributed by atoms with Gasteiger partial charge >= 0.3 is 6.18 Å². The van der Waals surface area contributed by atoms with Crippen LogP contribution in [0.4, 0.5) is 24.5 Å². The SMILES string of the molecule is CCCCN1/C(=C/C=C/C2=[N+](C)c3ccc4ccccc4c3C2(C)Cc2ccc(C(F)(F)F)cc2)Oc2ccccc21. The highest BCUT2D eigenvalue weighted by Crippen LogP contribution is 2.46. The number of benzene rings is 4. The molecule has 2 heterocycles. The summed E-state index contributed by atoms with van der Waals surface area (Å²) >= 11 is 0. The Balaban J connectivity index is 1.40. The van der Waals surface area contributed by atoms with Gasteiger partial charge in [-0.3, -0.25) is 0 Å². The van der Waals surface area contributed by atoms with Gasteiger partial charge in [0.1, 0.15) is 7.05 Å². The van der Waals surface area contributed by atoms with E-state index < -0.39 is 17.2 Å². The molecule has 6 heteroatoms. The van der Waals surface area contributed by atoms with Crippen LogP contribution in [0.25, 0.3) is 10.8 Å². The summed E-state index contributed by atoms with van der Waals surface area (Å²) in [7, 11) is 2.06. The first-order chi connectivity index (χ1) is 20.2. The Bertz CT molecular complexity index is 1730. The average Bonchev–Trinajstić information content (AvgIpc) is 3.43. The molecule has 6 rings (SSSR count). The lowest BCUT2D eigenvalue weighted by molar-refractivity contribution is -0.401. The highest BCUT2D eigenvalue weighted by atomic mass is 19.4. The summed E-state index contributed by atoms with van der Waals surface area (Å²) in [6.45, 7) is 5.24. The number of unbranched alkanes of at least 4 members (excludes halogenated alkanes) is 1. The van der Waals surface area contributed by atoms with Crippen LogP contribution in [0.2, 0.25) is 0 Å². The molecule has 0 spiro atoms. The smallest absolute Gasteiger partial charge is 0.416 e. The predicted octanol–water partition coefficient (Wildman–Crippen LogP) is 9.18. The lowest BCUT2D eigenvalue weighted by Gasteiger charge is -2.24. The third-order valence-electron chi connectivity index (χ3n) is 8.45. The van der Waals surface area contributed by atoms with Gasteiger partial charge in [0, 0.05) is 24.3 Å². The number of anilines is 1. The van der Waals surface area contributed by atoms with Crippen molar-refractivity contribution in [3.63, 3.8) is 0 Å². The topological polar surface area (TPSA) is 15.5 Å². The molecular weight excluding hydrogens is 533 g/mol. The van der Waals surface area contributed by atoms with E-state index in [1.54, 1.807) is 12.1 Å². The molecule has 0 amide bonds. The third-order valence-corrected chi connectivity index (χ3v) is 8.45. The van der Waals surface area contributed by atoms with Crippen molar-refractivity contribution in [2.24, 2.45) is 0 Å². The molecule has 0 bridgehead atoms. The van der Waals surface area contributed by atoms with Crippen LogP contribution in [0.1, 0.15) is 43.4 Å². The minimum atomic E-state index is -4.36. The molecule has 4 aromatic rings. The monoisotopic (exact) mass is 567 g/mol. The van der Waals surface area contributed by atoms with Crippen molar-refractivity contribution < 1.29 is 22.5 Å². The number of alkyl halides is 3. The lowest BCUT2D eigenvalue weighted by atomic mass is 9.73. The molecule has 2 aliphatic heterocycles. The molecule has 3 nitrogen and oxygen atoms in total. The molecule has 42 heavy (non-hydrogen) atoms. The minimum absolute atomic E-state index is 0.485. The summed E-state index contributed by atoms with van der Waals surface area (Å²) in [6.07, 6.45) is 4.49. The van der Waals surface area contributed by atoms with E-state index in [9.17, 15) is 13.2 Å². The first kappa shape index (κ1) is 27.8. The Labute approximate surface area is 244 Å². The van der Waals surface area contributed by atoms with Crippen molar-refractivity contribution >= 4 is 27.9 Å². The highest BCUT2D eigenvalue weighted by molar-refractivity contribution is 6.08. The summed E-state index contributed by atoms with van der Waals surface area (Å²) in [6, 6.07) is 26.2. The zero-order valence-corrected chi connectivity index (χ0v) is 24.1. The summed E-state index contributed by atoms with van der Waals surface area (Å²) < 4.78 is 48.3. The zero-order chi connectivity index (χ0) is 29.5. The van der Waals surface area contributed by atoms with Crippen LogP contribution in [-0.2, 0) is 18.0 Å². The molecule has 0 aromatic heterocycles. The van der Waals surface area contributed by atoms with E-state index in [2.05, 4.69) is 66.8 Å². The van der Waals surface area contributed by atoms with Crippen LogP contribution in [0.15, 0.2) is 109 Å². The third kappa shape index (κ3) is 4.89. The van der Waals surface area contributed by atoms with Gasteiger partial charge < -0.3 is 9.64 Å². The fourth-order valence-corrected chi connectivity index (χ4v) is 6.39. The van der Waals surface area contributed by atoms with Crippen molar-refractivity contribution in [2.75, 3.05) is 18.5 Å². The number of ether oxygens (including phenoxy) is 1. The lowest BCUT2D eigenvalue weighted by Crippen LogP contribution is -2.33. The van der Waals surface area contributed by atoms with E-state index >= 15 is 0 Å². The maximum atomic E-state index is 13.3. The standard InChI is InChI=1S/C36H34F3N2O/c1-4-5-23-41-29-13-8-9-14-31(29)42-33(41)16-10-15-32-35(2,24-25-17-20-27(21-18-25)36(37,38)39)34-28-12-7-6-11-26(28)19-22-30(34)40(32)3/h6-22H,4-5,23-24H2,1-3H3/q+1. The Morgan fingerprint density at radius 2 is 1.67 bits per heavy atom. The molecule has 0 N–H and O–H groups in total. The van der Waals surface area contributed by atoms with Gasteiger partial charge in [0.2, 0.25) is 11.6 Å². The number of nitrogens with zero attached hydrogens (tertiary/aromatic N) is 2. The summed E-state index contributed by atoms with van der Waals surface area (Å²) in [5.74, 6) is 1.64. The van der Waals surface area contributed by atoms with Crippen LogP contribution in [0.5, 0.6) is 5.75 Å². The maximum absolute atomic E-state index is 13.3. The summed E-state index contributed by atoms with van der Waals surface area (Å²) in [5, 5.41) is 2.29. The molecule has 0 fully saturated rings. The van der Waals surface area contributed by atoms with Gasteiger partial charge in [-0.05, 0) is 72.5 Å². The van der Waals surface area contributed by atoms with Crippen molar-refractivity contribution in [2.45, 2.75) is 44.7 Å². The van der Waals surface area contributed by atoms with E-state index in [0.717, 1.165) is 64.4 Å². The van der Waals surface area contributed by atoms with E-state index in [1.807, 2.05) is 42.5 Å². The Morgan fingerprint density at radius 3 is 2.43 bits per heavy atom. The second-order valence-corrected chi connectivity index (χ2v) is 11.3. The molecular formula is C36H34F3N2O+. The van der Waals surface area contributed by atoms with Crippen LogP contribution in [0.3, 0.4) is 0 Å². The number of hydrogen-bond acceptors (Lipinski definition) is 2. The molecule has 0 saturated carbocycles. The van der Waals surface area contributed by atoms with Crippen molar-refractivity contribution in [1.29, 1.82) is 0 Å². The van der Waals surface area contributed by atoms with Gasteiger partial charge in [-0.25, -0.2) is 0 Å². The number of hydrogen-bond donors (Lipinski definition) is 0. The Kier molecular flexibility index (Phi) is 7.17. The fourth-order valence-electron chi connectivity index (χ4n) is 6.39. The number of fused-ring (bicyclic) bond motifs is 4. The zero-order valence-electron chi connectivity index (χ0n) is 24.1. The second kappa shape index (κ2) is 10.8. The molecule has 4 aromatic carbocycles. The molecule has 1 unspecified atom stereocenters. The number of rotatable bonds is 7. The number of allylic oxidation sites excluding steroid dienone is 3. The van der Waals surface area contributed by atoms with Crippen LogP contribution in [0, 0.1) is 0 Å². The largest absolute Gasteiger partial charge is 0.439 e. The molecule has 0 aliphatic carbocycles. The first-order valence-corrected chi connectivity index (χ1v) is 14.4. The van der Waals surface area contributed by atoms with Crippen LogP contribution >= 0.6 is 0 Å². The van der Waals surface area contributed by atoms with Gasteiger partial charge in [-0.15, -0.1) is 0 Å². The van der Waals surface area contributed by atoms with Gasteiger partial charge in [-0.2, -0.15) is 17.7 Å². The molecule has 1 atom stereocenters. The van der Waals surface area contributed by atoms with Crippen LogP contribution in [-0.4, -0.2) is 23.9 Å². The second-order valence-electron chi connectivity index (χ2n) is 11.3. The van der Waals surface area contributed by atoms with Gasteiger partial charge in [0.05, 0.1) is 16.7 Å². The minimum Gasteiger partial charge on any atom is -0.439 e. The van der Waals surface area contributed by atoms with Crippen molar-refractivity contribution in [1.82, 2.24) is 0 Å². The molecule has 2 aliphatic rings. The van der Waals surface area contributed by atoms with E-state index in [0.29, 0.717) is 6.42 Å². The van der Waals surface area contributed by atoms with Gasteiger partial charge in [-0.1, -0.05) is 68.0 Å². The Hall–Kier alpha value is -4.32. The van der Waals surface area contributed by atoms with E-state index in [1.165, 1.54) is 17.7 Å². The fraction of sp³-hybridized carbons (Fsp3) is 0.250. The Morgan fingerprint density at radius 1 is 0.929 bits per heavy atom. The molecule has 0 radical (unpaired) electrons. The normalized spacial score (nSPS) is 19.2. The summed E-state index contributed by atoms with van der Waals surface area (Å²) in [4.78, 5) is 2.22. The molecule has 214 valence electrons.